The van der Waals surface area contributed by atoms with Crippen LogP contribution in [0.4, 0.5) is 10.5 Å². The molecule has 3 aromatic rings. The summed E-state index contributed by atoms with van der Waals surface area (Å²) in [4.78, 5) is 39.1. The van der Waals surface area contributed by atoms with E-state index in [0.29, 0.717) is 22.1 Å². The molecule has 0 bridgehead atoms. The molecule has 1 N–H and O–H groups in total. The van der Waals surface area contributed by atoms with Crippen LogP contribution in [0, 0.1) is 13.8 Å². The number of anilines is 1. The minimum atomic E-state index is -0.847. The van der Waals surface area contributed by atoms with Gasteiger partial charge in [-0.3, -0.25) is 14.9 Å². The highest BCUT2D eigenvalue weighted by Crippen LogP contribution is 2.30. The van der Waals surface area contributed by atoms with Gasteiger partial charge in [-0.15, -0.1) is 0 Å². The molecule has 8 heteroatoms. The molecule has 0 radical (unpaired) electrons. The number of amides is 4. The first-order valence-electron chi connectivity index (χ1n) is 10.8. The number of methoxy groups -OCH3 is 1. The van der Waals surface area contributed by atoms with Crippen molar-refractivity contribution in [3.63, 3.8) is 0 Å². The number of hydrogen-bond donors (Lipinski definition) is 1. The van der Waals surface area contributed by atoms with Crippen LogP contribution in [0.1, 0.15) is 22.3 Å². The van der Waals surface area contributed by atoms with Crippen molar-refractivity contribution in [3.05, 3.63) is 93.5 Å². The molecule has 0 aromatic heterocycles. The molecular formula is C27H23ClN2O5. The van der Waals surface area contributed by atoms with Crippen LogP contribution < -0.4 is 19.7 Å². The molecule has 3 aromatic carbocycles. The van der Waals surface area contributed by atoms with Crippen molar-refractivity contribution >= 4 is 41.2 Å². The number of imide groups is 2. The highest BCUT2D eigenvalue weighted by molar-refractivity contribution is 6.39. The van der Waals surface area contributed by atoms with E-state index in [1.807, 2.05) is 32.0 Å². The first-order valence-corrected chi connectivity index (χ1v) is 11.2. The summed E-state index contributed by atoms with van der Waals surface area (Å²) in [6.45, 7) is 4.34. The van der Waals surface area contributed by atoms with Gasteiger partial charge in [0.1, 0.15) is 23.7 Å². The van der Waals surface area contributed by atoms with E-state index in [1.54, 1.807) is 36.4 Å². The van der Waals surface area contributed by atoms with Gasteiger partial charge in [-0.2, -0.15) is 0 Å². The number of urea groups is 1. The number of halogens is 1. The average Bonchev–Trinajstić information content (AvgIpc) is 2.83. The Morgan fingerprint density at radius 1 is 0.971 bits per heavy atom. The maximum absolute atomic E-state index is 13.2. The summed E-state index contributed by atoms with van der Waals surface area (Å²) in [5.74, 6) is -0.592. The first-order chi connectivity index (χ1) is 16.8. The number of rotatable bonds is 6. The molecule has 35 heavy (non-hydrogen) atoms. The lowest BCUT2D eigenvalue weighted by atomic mass is 10.1. The molecule has 1 fully saturated rings. The van der Waals surface area contributed by atoms with Gasteiger partial charge in [0.15, 0.2) is 0 Å². The second-order valence-electron chi connectivity index (χ2n) is 8.05. The molecule has 4 rings (SSSR count). The number of aryl methyl sites for hydroxylation is 2. The van der Waals surface area contributed by atoms with Crippen LogP contribution >= 0.6 is 11.6 Å². The Bertz CT molecular complexity index is 1370. The van der Waals surface area contributed by atoms with Gasteiger partial charge in [-0.25, -0.2) is 9.69 Å². The maximum Gasteiger partial charge on any atom is 0.335 e. The zero-order valence-corrected chi connectivity index (χ0v) is 20.2. The molecule has 0 unspecified atom stereocenters. The topological polar surface area (TPSA) is 84.9 Å². The summed E-state index contributed by atoms with van der Waals surface area (Å²) in [6, 6.07) is 16.5. The summed E-state index contributed by atoms with van der Waals surface area (Å²) < 4.78 is 11.4. The van der Waals surface area contributed by atoms with E-state index < -0.39 is 17.8 Å². The monoisotopic (exact) mass is 490 g/mol. The second kappa shape index (κ2) is 10.0. The van der Waals surface area contributed by atoms with Gasteiger partial charge in [0.05, 0.1) is 12.8 Å². The van der Waals surface area contributed by atoms with Crippen LogP contribution in [0.15, 0.2) is 66.2 Å². The Kier molecular flexibility index (Phi) is 6.89. The average molecular weight is 491 g/mol. The molecular weight excluding hydrogens is 468 g/mol. The molecule has 0 saturated carbocycles. The van der Waals surface area contributed by atoms with E-state index in [9.17, 15) is 14.4 Å². The first kappa shape index (κ1) is 24.0. The summed E-state index contributed by atoms with van der Waals surface area (Å²) in [5, 5.41) is 2.56. The summed E-state index contributed by atoms with van der Waals surface area (Å²) >= 11 is 6.03. The lowest BCUT2D eigenvalue weighted by Crippen LogP contribution is -2.54. The Balaban J connectivity index is 1.68. The van der Waals surface area contributed by atoms with Crippen LogP contribution in [0.2, 0.25) is 5.02 Å². The van der Waals surface area contributed by atoms with Crippen molar-refractivity contribution in [2.24, 2.45) is 0 Å². The second-order valence-corrected chi connectivity index (χ2v) is 8.49. The maximum atomic E-state index is 13.2. The Morgan fingerprint density at radius 3 is 2.49 bits per heavy atom. The SMILES string of the molecule is COc1ccc(/C=C2\C(=O)NC(=O)N(c3cccc(Cl)c3)C2=O)c(OCc2ccc(C)c(C)c2)c1. The third kappa shape index (κ3) is 5.20. The molecule has 0 atom stereocenters. The number of carbonyl (C=O) groups excluding carboxylic acids is 3. The smallest absolute Gasteiger partial charge is 0.335 e. The van der Waals surface area contributed by atoms with Crippen molar-refractivity contribution in [1.29, 1.82) is 0 Å². The zero-order chi connectivity index (χ0) is 25.1. The molecule has 7 nitrogen and oxygen atoms in total. The quantitative estimate of drug-likeness (QED) is 0.378. The molecule has 1 saturated heterocycles. The Morgan fingerprint density at radius 2 is 1.77 bits per heavy atom. The van der Waals surface area contributed by atoms with E-state index in [-0.39, 0.29) is 17.9 Å². The Hall–Kier alpha value is -4.10. The van der Waals surface area contributed by atoms with Gasteiger partial charge < -0.3 is 9.47 Å². The Labute approximate surface area is 207 Å². The standard InChI is InChI=1S/C27H23ClN2O5/c1-16-7-8-18(11-17(16)2)15-35-24-14-22(34-3)10-9-19(24)12-23-25(31)29-27(33)30(26(23)32)21-6-4-5-20(28)13-21/h4-14H,15H2,1-3H3,(H,29,31,33)/b23-12+. The van der Waals surface area contributed by atoms with Crippen molar-refractivity contribution in [2.75, 3.05) is 12.0 Å². The summed E-state index contributed by atoms with van der Waals surface area (Å²) in [7, 11) is 1.53. The van der Waals surface area contributed by atoms with E-state index in [2.05, 4.69) is 5.32 Å². The third-order valence-electron chi connectivity index (χ3n) is 5.65. The van der Waals surface area contributed by atoms with Crippen molar-refractivity contribution in [2.45, 2.75) is 20.5 Å². The fraction of sp³-hybridized carbons (Fsp3) is 0.148. The van der Waals surface area contributed by atoms with Crippen molar-refractivity contribution in [1.82, 2.24) is 5.32 Å². The number of barbiturate groups is 1. The lowest BCUT2D eigenvalue weighted by Gasteiger charge is -2.26. The van der Waals surface area contributed by atoms with Crippen molar-refractivity contribution < 1.29 is 23.9 Å². The normalized spacial score (nSPS) is 14.8. The van der Waals surface area contributed by atoms with Gasteiger partial charge >= 0.3 is 6.03 Å². The number of benzene rings is 3. The van der Waals surface area contributed by atoms with Gasteiger partial charge in [0, 0.05) is 16.7 Å². The van der Waals surface area contributed by atoms with Crippen LogP contribution in [0.25, 0.3) is 6.08 Å². The van der Waals surface area contributed by atoms with E-state index >= 15 is 0 Å². The molecule has 0 aliphatic carbocycles. The molecule has 0 spiro atoms. The fourth-order valence-corrected chi connectivity index (χ4v) is 3.79. The van der Waals surface area contributed by atoms with Gasteiger partial charge in [0.2, 0.25) is 0 Å². The van der Waals surface area contributed by atoms with E-state index in [0.717, 1.165) is 16.0 Å². The number of nitrogens with zero attached hydrogens (tertiary/aromatic N) is 1. The predicted octanol–water partition coefficient (Wildman–Crippen LogP) is 5.21. The minimum absolute atomic E-state index is 0.217. The van der Waals surface area contributed by atoms with Crippen LogP contribution in [-0.2, 0) is 16.2 Å². The molecule has 178 valence electrons. The molecule has 4 amide bonds. The number of nitrogens with one attached hydrogen (secondary N) is 1. The molecule has 1 aliphatic rings. The van der Waals surface area contributed by atoms with Gasteiger partial charge in [0.25, 0.3) is 11.8 Å². The summed E-state index contributed by atoms with van der Waals surface area (Å²) in [6.07, 6.45) is 1.40. The lowest BCUT2D eigenvalue weighted by molar-refractivity contribution is -0.122. The van der Waals surface area contributed by atoms with Crippen LogP contribution in [0.5, 0.6) is 11.5 Å². The van der Waals surface area contributed by atoms with E-state index in [1.165, 1.54) is 24.8 Å². The van der Waals surface area contributed by atoms with Gasteiger partial charge in [-0.05, 0) is 66.9 Å². The van der Waals surface area contributed by atoms with Crippen molar-refractivity contribution in [3.8, 4) is 11.5 Å². The van der Waals surface area contributed by atoms with Gasteiger partial charge in [-0.1, -0.05) is 35.9 Å². The third-order valence-corrected chi connectivity index (χ3v) is 5.89. The number of ether oxygens (including phenoxy) is 2. The van der Waals surface area contributed by atoms with Crippen LogP contribution in [-0.4, -0.2) is 25.0 Å². The van der Waals surface area contributed by atoms with E-state index in [4.69, 9.17) is 21.1 Å². The molecule has 1 aliphatic heterocycles. The minimum Gasteiger partial charge on any atom is -0.497 e. The highest BCUT2D eigenvalue weighted by Gasteiger charge is 2.37. The largest absolute Gasteiger partial charge is 0.497 e. The summed E-state index contributed by atoms with van der Waals surface area (Å²) in [5.41, 5.74) is 3.81. The number of carbonyl (C=O) groups is 3. The zero-order valence-electron chi connectivity index (χ0n) is 19.4. The molecule has 1 heterocycles. The predicted molar refractivity (Wildman–Crippen MR) is 134 cm³/mol. The number of hydrogen-bond acceptors (Lipinski definition) is 5. The highest BCUT2D eigenvalue weighted by atomic mass is 35.5. The van der Waals surface area contributed by atoms with Crippen LogP contribution in [0.3, 0.4) is 0 Å². The fourth-order valence-electron chi connectivity index (χ4n) is 3.60.